The Morgan fingerprint density at radius 2 is 2.06 bits per heavy atom. The summed E-state index contributed by atoms with van der Waals surface area (Å²) in [6.45, 7) is 0.265. The number of H-pyrrole nitrogens is 1. The minimum atomic E-state index is -0.988. The normalized spacial score (nSPS) is 16.1. The Balaban J connectivity index is 1.44. The van der Waals surface area contributed by atoms with Gasteiger partial charge < -0.3 is 25.2 Å². The third-order valence-corrected chi connectivity index (χ3v) is 5.65. The molecule has 172 valence electrons. The van der Waals surface area contributed by atoms with E-state index in [9.17, 15) is 14.0 Å². The molecule has 3 aromatic rings. The van der Waals surface area contributed by atoms with Gasteiger partial charge in [-0.3, -0.25) is 4.79 Å². The standard InChI is InChI=1S/C23H22BrFN4O4/c24-20-10-16(33-29-20)12-27-22(30)19(28-23(31)32-13-14-5-2-1-3-6-14)9-15-11-26-18-8-4-7-17(25)21(15)18/h1-8,11,16,19,26H,9-10,12-13H2,(H,27,30)(H,28,31). The lowest BCUT2D eigenvalue weighted by Crippen LogP contribution is -2.49. The van der Waals surface area contributed by atoms with E-state index in [4.69, 9.17) is 9.57 Å². The molecule has 33 heavy (non-hydrogen) atoms. The Bertz CT molecular complexity index is 1170. The molecule has 0 radical (unpaired) electrons. The number of hydrogen-bond donors (Lipinski definition) is 3. The third kappa shape index (κ3) is 5.89. The molecule has 2 atom stereocenters. The second-order valence-corrected chi connectivity index (χ2v) is 8.50. The average Bonchev–Trinajstić information content (AvgIpc) is 3.43. The molecule has 2 heterocycles. The van der Waals surface area contributed by atoms with Crippen LogP contribution in [0.25, 0.3) is 10.9 Å². The number of nitrogens with one attached hydrogen (secondary N) is 3. The summed E-state index contributed by atoms with van der Waals surface area (Å²) in [7, 11) is 0. The van der Waals surface area contributed by atoms with Gasteiger partial charge in [-0.15, -0.1) is 0 Å². The van der Waals surface area contributed by atoms with Crippen LogP contribution in [0.15, 0.2) is 59.9 Å². The SMILES string of the molecule is O=C(NC(Cc1c[nH]c2cccc(F)c12)C(=O)NCC1CC(Br)=NO1)OCc1ccccc1. The quantitative estimate of drug-likeness (QED) is 0.423. The van der Waals surface area contributed by atoms with Gasteiger partial charge in [0, 0.05) is 29.9 Å². The summed E-state index contributed by atoms with van der Waals surface area (Å²) in [6.07, 6.45) is 1.18. The van der Waals surface area contributed by atoms with E-state index in [2.05, 4.69) is 36.7 Å². The van der Waals surface area contributed by atoms with Crippen LogP contribution < -0.4 is 10.6 Å². The van der Waals surface area contributed by atoms with Crippen LogP contribution in [0.2, 0.25) is 0 Å². The maximum atomic E-state index is 14.4. The summed E-state index contributed by atoms with van der Waals surface area (Å²) in [6, 6.07) is 12.9. The van der Waals surface area contributed by atoms with Gasteiger partial charge in [0.05, 0.1) is 6.54 Å². The van der Waals surface area contributed by atoms with E-state index in [0.29, 0.717) is 27.5 Å². The van der Waals surface area contributed by atoms with Gasteiger partial charge >= 0.3 is 6.09 Å². The van der Waals surface area contributed by atoms with Crippen LogP contribution in [-0.4, -0.2) is 40.3 Å². The number of ether oxygens (including phenoxy) is 1. The number of carbonyl (C=O) groups excluding carboxylic acids is 2. The van der Waals surface area contributed by atoms with Crippen molar-refractivity contribution in [3.8, 4) is 0 Å². The number of aromatic amines is 1. The Labute approximate surface area is 197 Å². The van der Waals surface area contributed by atoms with Crippen molar-refractivity contribution in [3.05, 3.63) is 71.7 Å². The number of fused-ring (bicyclic) bond motifs is 1. The fourth-order valence-electron chi connectivity index (χ4n) is 3.55. The number of nitrogens with zero attached hydrogens (tertiary/aromatic N) is 1. The molecular formula is C23H22BrFN4O4. The molecule has 1 aliphatic heterocycles. The maximum absolute atomic E-state index is 14.4. The number of rotatable bonds is 8. The van der Waals surface area contributed by atoms with Gasteiger partial charge in [-0.05, 0) is 39.2 Å². The number of benzene rings is 2. The molecular weight excluding hydrogens is 495 g/mol. The Morgan fingerprint density at radius 3 is 2.82 bits per heavy atom. The average molecular weight is 517 g/mol. The third-order valence-electron chi connectivity index (χ3n) is 5.18. The van der Waals surface area contributed by atoms with Crippen LogP contribution in [0.4, 0.5) is 9.18 Å². The zero-order valence-electron chi connectivity index (χ0n) is 17.5. The number of carbonyl (C=O) groups is 2. The van der Waals surface area contributed by atoms with Crippen LogP contribution >= 0.6 is 15.9 Å². The van der Waals surface area contributed by atoms with Gasteiger partial charge in [-0.2, -0.15) is 0 Å². The summed E-state index contributed by atoms with van der Waals surface area (Å²) < 4.78 is 20.4. The molecule has 0 bridgehead atoms. The van der Waals surface area contributed by atoms with E-state index in [1.54, 1.807) is 18.3 Å². The first-order chi connectivity index (χ1) is 16.0. The van der Waals surface area contributed by atoms with Crippen molar-refractivity contribution in [2.45, 2.75) is 31.6 Å². The highest BCUT2D eigenvalue weighted by molar-refractivity contribution is 9.18. The molecule has 0 fully saturated rings. The monoisotopic (exact) mass is 516 g/mol. The van der Waals surface area contributed by atoms with Crippen LogP contribution in [-0.2, 0) is 27.4 Å². The smallest absolute Gasteiger partial charge is 0.408 e. The highest BCUT2D eigenvalue weighted by Crippen LogP contribution is 2.23. The highest BCUT2D eigenvalue weighted by atomic mass is 79.9. The second kappa shape index (κ2) is 10.5. The van der Waals surface area contributed by atoms with Gasteiger partial charge in [0.1, 0.15) is 23.1 Å². The molecule has 0 spiro atoms. The molecule has 2 aromatic carbocycles. The van der Waals surface area contributed by atoms with Crippen LogP contribution in [0.1, 0.15) is 17.5 Å². The number of alkyl carbamates (subject to hydrolysis) is 1. The van der Waals surface area contributed by atoms with Crippen molar-refractivity contribution in [1.82, 2.24) is 15.6 Å². The lowest BCUT2D eigenvalue weighted by molar-refractivity contribution is -0.123. The zero-order chi connectivity index (χ0) is 23.2. The predicted molar refractivity (Wildman–Crippen MR) is 124 cm³/mol. The van der Waals surface area contributed by atoms with Gasteiger partial charge in [0.2, 0.25) is 5.91 Å². The predicted octanol–water partition coefficient (Wildman–Crippen LogP) is 3.76. The van der Waals surface area contributed by atoms with Crippen molar-refractivity contribution >= 4 is 43.5 Å². The fraction of sp³-hybridized carbons (Fsp3) is 0.261. The molecule has 2 unspecified atom stereocenters. The highest BCUT2D eigenvalue weighted by Gasteiger charge is 2.26. The largest absolute Gasteiger partial charge is 0.445 e. The van der Waals surface area contributed by atoms with Crippen molar-refractivity contribution in [2.24, 2.45) is 5.16 Å². The number of amides is 2. The second-order valence-electron chi connectivity index (χ2n) is 7.58. The maximum Gasteiger partial charge on any atom is 0.408 e. The topological polar surface area (TPSA) is 105 Å². The van der Waals surface area contributed by atoms with E-state index >= 15 is 0 Å². The lowest BCUT2D eigenvalue weighted by Gasteiger charge is -2.19. The molecule has 8 nitrogen and oxygen atoms in total. The molecule has 2 amide bonds. The molecule has 10 heteroatoms. The summed E-state index contributed by atoms with van der Waals surface area (Å²) in [5.41, 5.74) is 1.99. The molecule has 1 aromatic heterocycles. The van der Waals surface area contributed by atoms with Gasteiger partial charge in [0.15, 0.2) is 6.10 Å². The van der Waals surface area contributed by atoms with Crippen LogP contribution in [0, 0.1) is 5.82 Å². The van der Waals surface area contributed by atoms with Gasteiger partial charge in [0.25, 0.3) is 0 Å². The Morgan fingerprint density at radius 1 is 1.24 bits per heavy atom. The fourth-order valence-corrected chi connectivity index (χ4v) is 3.99. The van der Waals surface area contributed by atoms with Crippen molar-refractivity contribution in [1.29, 1.82) is 0 Å². The van der Waals surface area contributed by atoms with Crippen molar-refractivity contribution in [2.75, 3.05) is 6.54 Å². The van der Waals surface area contributed by atoms with Crippen molar-refractivity contribution < 1.29 is 23.6 Å². The minimum Gasteiger partial charge on any atom is -0.445 e. The number of aromatic nitrogens is 1. The number of halogens is 2. The van der Waals surface area contributed by atoms with Crippen LogP contribution in [0.3, 0.4) is 0 Å². The molecule has 0 saturated heterocycles. The minimum absolute atomic E-state index is 0.0595. The van der Waals surface area contributed by atoms with E-state index in [1.165, 1.54) is 6.07 Å². The number of hydrogen-bond acceptors (Lipinski definition) is 5. The molecule has 3 N–H and O–H groups in total. The molecule has 0 aliphatic carbocycles. The summed E-state index contributed by atoms with van der Waals surface area (Å²) in [4.78, 5) is 33.6. The van der Waals surface area contributed by atoms with E-state index in [1.807, 2.05) is 30.3 Å². The Hall–Kier alpha value is -3.40. The van der Waals surface area contributed by atoms with Gasteiger partial charge in [-0.1, -0.05) is 41.6 Å². The Kier molecular flexibility index (Phi) is 7.23. The first-order valence-corrected chi connectivity index (χ1v) is 11.2. The molecule has 0 saturated carbocycles. The van der Waals surface area contributed by atoms with Gasteiger partial charge in [-0.25, -0.2) is 9.18 Å². The van der Waals surface area contributed by atoms with E-state index in [-0.39, 0.29) is 25.7 Å². The first-order valence-electron chi connectivity index (χ1n) is 10.4. The summed E-state index contributed by atoms with van der Waals surface area (Å²) in [5.74, 6) is -0.847. The van der Waals surface area contributed by atoms with E-state index < -0.39 is 23.9 Å². The van der Waals surface area contributed by atoms with E-state index in [0.717, 1.165) is 5.56 Å². The van der Waals surface area contributed by atoms with Crippen LogP contribution in [0.5, 0.6) is 0 Å². The summed E-state index contributed by atoms with van der Waals surface area (Å²) in [5, 5.41) is 9.55. The first kappa shape index (κ1) is 22.8. The number of oxime groups is 1. The zero-order valence-corrected chi connectivity index (χ0v) is 19.1. The molecule has 4 rings (SSSR count). The van der Waals surface area contributed by atoms with Crippen molar-refractivity contribution in [3.63, 3.8) is 0 Å². The molecule has 1 aliphatic rings. The summed E-state index contributed by atoms with van der Waals surface area (Å²) >= 11 is 3.25. The lowest BCUT2D eigenvalue weighted by atomic mass is 10.0.